The molecule has 1 N–H and O–H groups in total. The molecule has 0 radical (unpaired) electrons. The Kier molecular flexibility index (Phi) is 7.19. The molecular weight excluding hydrogens is 581 g/mol. The summed E-state index contributed by atoms with van der Waals surface area (Å²) < 4.78 is 3.11. The topological polar surface area (TPSA) is 131 Å². The minimum absolute atomic E-state index is 0.112. The Hall–Kier alpha value is -4.29. The van der Waals surface area contributed by atoms with Gasteiger partial charge in [0.15, 0.2) is 0 Å². The minimum atomic E-state index is -0.750. The van der Waals surface area contributed by atoms with Gasteiger partial charge in [-0.25, -0.2) is 14.3 Å². The fourth-order valence-corrected chi connectivity index (χ4v) is 5.84. The lowest BCUT2D eigenvalue weighted by Gasteiger charge is -2.37. The second kappa shape index (κ2) is 10.8. The summed E-state index contributed by atoms with van der Waals surface area (Å²) in [4.78, 5) is 52.6. The third kappa shape index (κ3) is 4.70. The molecule has 0 bridgehead atoms. The second-order valence-electron chi connectivity index (χ2n) is 10.4. The van der Waals surface area contributed by atoms with E-state index < -0.39 is 12.1 Å². The Bertz CT molecular complexity index is 1690. The largest absolute Gasteiger partial charge is 0.357 e. The predicted octanol–water partition coefficient (Wildman–Crippen LogP) is 3.26. The first-order valence-electron chi connectivity index (χ1n) is 13.4. The lowest BCUT2D eigenvalue weighted by atomic mass is 9.96. The van der Waals surface area contributed by atoms with Crippen LogP contribution in [0.5, 0.6) is 0 Å². The molecule has 2 aliphatic rings. The number of likely N-dealkylation sites (N-methyl/N-ethyl adjacent to an activating group) is 1. The molecule has 0 saturated heterocycles. The summed E-state index contributed by atoms with van der Waals surface area (Å²) in [6, 6.07) is 7.02. The van der Waals surface area contributed by atoms with Crippen LogP contribution in [0.1, 0.15) is 63.7 Å². The Morgan fingerprint density at radius 1 is 1.14 bits per heavy atom. The second-order valence-corrected chi connectivity index (χ2v) is 11.2. The number of nitrogens with one attached hydrogen (secondary N) is 1. The zero-order chi connectivity index (χ0) is 29.7. The van der Waals surface area contributed by atoms with Crippen molar-refractivity contribution in [3.63, 3.8) is 0 Å². The maximum absolute atomic E-state index is 14.1. The Morgan fingerprint density at radius 3 is 2.62 bits per heavy atom. The number of hydrogen-bond donors (Lipinski definition) is 1. The van der Waals surface area contributed by atoms with Crippen molar-refractivity contribution < 1.29 is 14.4 Å². The molecule has 1 unspecified atom stereocenters. The lowest BCUT2D eigenvalue weighted by Crippen LogP contribution is -2.49. The number of carbonyl (C=O) groups is 3. The van der Waals surface area contributed by atoms with Gasteiger partial charge in [-0.05, 0) is 44.2 Å². The van der Waals surface area contributed by atoms with Crippen LogP contribution in [0.15, 0.2) is 49.2 Å². The molecule has 14 heteroatoms. The number of nitrogens with zero attached hydrogens (tertiary/aromatic N) is 8. The molecule has 2 aliphatic heterocycles. The SMILES string of the molecule is CNC(=O)[C@@H]1CN(C(C)c2ccc(-n3cncn3)cn2)C(=O)c2c3c(nn21)C[C@@H](C)N(C(=O)c1ccc(Cl)c(Cl)c1)C3. The van der Waals surface area contributed by atoms with E-state index >= 15 is 0 Å². The summed E-state index contributed by atoms with van der Waals surface area (Å²) in [5.41, 5.74) is 3.40. The van der Waals surface area contributed by atoms with Crippen LogP contribution >= 0.6 is 23.2 Å². The Morgan fingerprint density at radius 2 is 1.95 bits per heavy atom. The Labute approximate surface area is 251 Å². The highest BCUT2D eigenvalue weighted by Crippen LogP contribution is 2.35. The van der Waals surface area contributed by atoms with Gasteiger partial charge < -0.3 is 15.1 Å². The van der Waals surface area contributed by atoms with Crippen molar-refractivity contribution in [2.24, 2.45) is 0 Å². The van der Waals surface area contributed by atoms with Gasteiger partial charge in [-0.1, -0.05) is 23.2 Å². The van der Waals surface area contributed by atoms with Crippen LogP contribution < -0.4 is 5.32 Å². The smallest absolute Gasteiger partial charge is 0.273 e. The maximum Gasteiger partial charge on any atom is 0.273 e. The number of halogens is 2. The molecule has 4 aromatic rings. The maximum atomic E-state index is 14.1. The van der Waals surface area contributed by atoms with Gasteiger partial charge in [0, 0.05) is 30.6 Å². The quantitative estimate of drug-likeness (QED) is 0.368. The van der Waals surface area contributed by atoms with Crippen molar-refractivity contribution in [1.82, 2.24) is 44.6 Å². The number of hydrogen-bond acceptors (Lipinski definition) is 7. The summed E-state index contributed by atoms with van der Waals surface area (Å²) in [6.45, 7) is 4.07. The van der Waals surface area contributed by atoms with Crippen LogP contribution in [-0.4, -0.2) is 76.7 Å². The number of rotatable bonds is 5. The highest BCUT2D eigenvalue weighted by atomic mass is 35.5. The number of fused-ring (bicyclic) bond motifs is 3. The van der Waals surface area contributed by atoms with Gasteiger partial charge in [-0.15, -0.1) is 0 Å². The predicted molar refractivity (Wildman–Crippen MR) is 153 cm³/mol. The standard InChI is InChI=1S/C28H27Cl2N9O3/c1-15-8-23-19(11-36(15)27(41)17-4-6-20(29)21(30)9-17)25-28(42)37(12-24(26(40)31-3)39(25)35-23)16(2)22-7-5-18(10-33-22)38-14-32-13-34-38/h4-7,9-10,13-16,24H,8,11-12H2,1-3H3,(H,31,40)/t15-,16?,24+/m1/s1. The molecule has 42 heavy (non-hydrogen) atoms. The molecule has 0 aliphatic carbocycles. The van der Waals surface area contributed by atoms with Crippen LogP contribution in [0.2, 0.25) is 10.0 Å². The van der Waals surface area contributed by atoms with Gasteiger partial charge in [0.2, 0.25) is 5.91 Å². The molecule has 216 valence electrons. The fraction of sp³-hybridized carbons (Fsp3) is 0.321. The van der Waals surface area contributed by atoms with Gasteiger partial charge in [-0.3, -0.25) is 19.4 Å². The van der Waals surface area contributed by atoms with Crippen molar-refractivity contribution in [3.8, 4) is 5.69 Å². The van der Waals surface area contributed by atoms with Crippen LogP contribution in [0.3, 0.4) is 0 Å². The van der Waals surface area contributed by atoms with Crippen LogP contribution in [0.25, 0.3) is 5.69 Å². The van der Waals surface area contributed by atoms with Crippen LogP contribution in [0.4, 0.5) is 0 Å². The van der Waals surface area contributed by atoms with Gasteiger partial charge in [-0.2, -0.15) is 10.2 Å². The van der Waals surface area contributed by atoms with E-state index in [1.165, 1.54) is 11.0 Å². The van der Waals surface area contributed by atoms with Gasteiger partial charge >= 0.3 is 0 Å². The monoisotopic (exact) mass is 607 g/mol. The van der Waals surface area contributed by atoms with Crippen LogP contribution in [0, 0.1) is 0 Å². The molecule has 3 amide bonds. The number of benzene rings is 1. The first-order chi connectivity index (χ1) is 20.2. The van der Waals surface area contributed by atoms with E-state index in [0.29, 0.717) is 39.7 Å². The van der Waals surface area contributed by atoms with Crippen molar-refractivity contribution in [3.05, 3.63) is 87.4 Å². The van der Waals surface area contributed by atoms with Crippen LogP contribution in [-0.2, 0) is 17.8 Å². The normalized spacial score (nSPS) is 18.8. The highest BCUT2D eigenvalue weighted by molar-refractivity contribution is 6.42. The molecule has 0 spiro atoms. The molecule has 1 aromatic carbocycles. The summed E-state index contributed by atoms with van der Waals surface area (Å²) in [5.74, 6) is -0.790. The van der Waals surface area contributed by atoms with E-state index in [4.69, 9.17) is 28.3 Å². The first-order valence-corrected chi connectivity index (χ1v) is 14.1. The van der Waals surface area contributed by atoms with Crippen molar-refractivity contribution in [1.29, 1.82) is 0 Å². The Balaban J connectivity index is 1.35. The van der Waals surface area contributed by atoms with Gasteiger partial charge in [0.25, 0.3) is 11.8 Å². The van der Waals surface area contributed by atoms with E-state index in [0.717, 1.165) is 5.69 Å². The number of pyridine rings is 1. The van der Waals surface area contributed by atoms with Gasteiger partial charge in [0.05, 0.1) is 52.4 Å². The molecule has 3 aromatic heterocycles. The van der Waals surface area contributed by atoms with E-state index in [-0.39, 0.29) is 41.9 Å². The summed E-state index contributed by atoms with van der Waals surface area (Å²) in [7, 11) is 1.56. The number of carbonyl (C=O) groups excluding carboxylic acids is 3. The summed E-state index contributed by atoms with van der Waals surface area (Å²) in [6.07, 6.45) is 5.09. The molecule has 0 saturated carbocycles. The van der Waals surface area contributed by atoms with E-state index in [1.54, 1.807) is 52.3 Å². The molecule has 12 nitrogen and oxygen atoms in total. The van der Waals surface area contributed by atoms with Crippen molar-refractivity contribution in [2.45, 2.75) is 44.9 Å². The van der Waals surface area contributed by atoms with E-state index in [1.807, 2.05) is 26.0 Å². The highest BCUT2D eigenvalue weighted by Gasteiger charge is 2.43. The molecule has 6 rings (SSSR count). The number of amides is 3. The average molecular weight is 608 g/mol. The lowest BCUT2D eigenvalue weighted by molar-refractivity contribution is -0.125. The summed E-state index contributed by atoms with van der Waals surface area (Å²) in [5, 5.41) is 12.2. The third-order valence-corrected chi connectivity index (χ3v) is 8.63. The van der Waals surface area contributed by atoms with Gasteiger partial charge in [0.1, 0.15) is 24.4 Å². The average Bonchev–Trinajstić information content (AvgIpc) is 3.66. The zero-order valence-electron chi connectivity index (χ0n) is 23.0. The molecule has 5 heterocycles. The van der Waals surface area contributed by atoms with E-state index in [2.05, 4.69) is 20.4 Å². The van der Waals surface area contributed by atoms with E-state index in [9.17, 15) is 14.4 Å². The minimum Gasteiger partial charge on any atom is -0.357 e. The fourth-order valence-electron chi connectivity index (χ4n) is 5.54. The van der Waals surface area contributed by atoms with Crippen molar-refractivity contribution in [2.75, 3.05) is 13.6 Å². The third-order valence-electron chi connectivity index (χ3n) is 7.90. The first kappa shape index (κ1) is 27.9. The summed E-state index contributed by atoms with van der Waals surface area (Å²) >= 11 is 12.2. The molecule has 3 atom stereocenters. The van der Waals surface area contributed by atoms with Crippen molar-refractivity contribution >= 4 is 40.9 Å². The molecule has 0 fully saturated rings. The zero-order valence-corrected chi connectivity index (χ0v) is 24.5. The number of aromatic nitrogens is 6. The molecular formula is C28H27Cl2N9O3.